The lowest BCUT2D eigenvalue weighted by molar-refractivity contribution is -0.139. The lowest BCUT2D eigenvalue weighted by Gasteiger charge is -2.33. The highest BCUT2D eigenvalue weighted by molar-refractivity contribution is 8.13. The van der Waals surface area contributed by atoms with Crippen LogP contribution < -0.4 is 0 Å². The summed E-state index contributed by atoms with van der Waals surface area (Å²) in [7, 11) is 0. The van der Waals surface area contributed by atoms with Gasteiger partial charge < -0.3 is 4.74 Å². The first kappa shape index (κ1) is 21.1. The molecule has 2 aromatic rings. The van der Waals surface area contributed by atoms with Gasteiger partial charge in [0.05, 0.1) is 12.2 Å². The summed E-state index contributed by atoms with van der Waals surface area (Å²) in [4.78, 5) is 32.3. The number of nitrogens with zero attached hydrogens (tertiary/aromatic N) is 2. The van der Waals surface area contributed by atoms with Gasteiger partial charge in [0.25, 0.3) is 5.91 Å². The molecule has 5 nitrogen and oxygen atoms in total. The van der Waals surface area contributed by atoms with Crippen molar-refractivity contribution in [3.05, 3.63) is 82.0 Å². The second-order valence-electron chi connectivity index (χ2n) is 6.30. The van der Waals surface area contributed by atoms with Gasteiger partial charge in [0, 0.05) is 16.3 Å². The van der Waals surface area contributed by atoms with E-state index in [4.69, 9.17) is 21.3 Å². The summed E-state index contributed by atoms with van der Waals surface area (Å²) in [5.74, 6) is -0.743. The van der Waals surface area contributed by atoms with Crippen molar-refractivity contribution in [2.24, 2.45) is 4.99 Å². The molecule has 0 fully saturated rings. The minimum Gasteiger partial charge on any atom is -0.463 e. The molecule has 0 radical (unpaired) electrons. The second kappa shape index (κ2) is 9.29. The number of rotatable bonds is 4. The third-order valence-electron chi connectivity index (χ3n) is 4.50. The quantitative estimate of drug-likeness (QED) is 0.636. The van der Waals surface area contributed by atoms with Crippen molar-refractivity contribution in [1.29, 1.82) is 0 Å². The van der Waals surface area contributed by atoms with Gasteiger partial charge in [-0.2, -0.15) is 0 Å². The minimum atomic E-state index is -0.602. The van der Waals surface area contributed by atoms with Crippen LogP contribution in [0.15, 0.2) is 70.9 Å². The van der Waals surface area contributed by atoms with Crippen molar-refractivity contribution in [2.45, 2.75) is 19.9 Å². The fraction of sp³-hybridized carbons (Fsp3) is 0.227. The van der Waals surface area contributed by atoms with E-state index in [1.165, 1.54) is 16.7 Å². The normalized spacial score (nSPS) is 16.5. The van der Waals surface area contributed by atoms with Gasteiger partial charge in [-0.1, -0.05) is 53.7 Å². The Hall–Kier alpha value is -2.57. The Kier molecular flexibility index (Phi) is 6.77. The molecule has 0 aliphatic carbocycles. The number of benzene rings is 2. The van der Waals surface area contributed by atoms with Crippen LogP contribution in [0.25, 0.3) is 0 Å². The molecular formula is C22H21ClN2O3S. The number of carbonyl (C=O) groups excluding carboxylic acids is 2. The lowest BCUT2D eigenvalue weighted by Crippen LogP contribution is -2.39. The molecule has 1 aliphatic heterocycles. The van der Waals surface area contributed by atoms with E-state index >= 15 is 0 Å². The Morgan fingerprint density at radius 1 is 1.17 bits per heavy atom. The van der Waals surface area contributed by atoms with E-state index in [9.17, 15) is 9.59 Å². The minimum absolute atomic E-state index is 0.226. The van der Waals surface area contributed by atoms with E-state index in [2.05, 4.69) is 0 Å². The molecule has 0 aromatic heterocycles. The molecule has 1 atom stereocenters. The number of amidine groups is 1. The van der Waals surface area contributed by atoms with Gasteiger partial charge in [0.1, 0.15) is 6.04 Å². The van der Waals surface area contributed by atoms with E-state index in [0.717, 1.165) is 5.56 Å². The molecule has 0 spiro atoms. The van der Waals surface area contributed by atoms with Crippen molar-refractivity contribution in [3.63, 3.8) is 0 Å². The number of hydrogen-bond acceptors (Lipinski definition) is 5. The summed E-state index contributed by atoms with van der Waals surface area (Å²) >= 11 is 7.51. The average molecular weight is 429 g/mol. The molecule has 29 heavy (non-hydrogen) atoms. The van der Waals surface area contributed by atoms with Gasteiger partial charge in [0.2, 0.25) is 0 Å². The van der Waals surface area contributed by atoms with Crippen molar-refractivity contribution in [3.8, 4) is 0 Å². The zero-order valence-electron chi connectivity index (χ0n) is 16.4. The first-order valence-corrected chi connectivity index (χ1v) is 10.7. The van der Waals surface area contributed by atoms with E-state index in [1.54, 1.807) is 50.2 Å². The molecule has 3 rings (SSSR count). The average Bonchev–Trinajstić information content (AvgIpc) is 2.73. The van der Waals surface area contributed by atoms with Gasteiger partial charge in [-0.3, -0.25) is 9.69 Å². The van der Waals surface area contributed by atoms with Gasteiger partial charge in [0.15, 0.2) is 5.17 Å². The number of esters is 1. The van der Waals surface area contributed by atoms with E-state index in [1.807, 2.05) is 24.5 Å². The van der Waals surface area contributed by atoms with Crippen LogP contribution in [0.2, 0.25) is 5.02 Å². The van der Waals surface area contributed by atoms with Gasteiger partial charge >= 0.3 is 5.97 Å². The fourth-order valence-corrected chi connectivity index (χ4v) is 3.99. The molecule has 150 valence electrons. The number of allylic oxidation sites excluding steroid dienone is 1. The number of hydrogen-bond donors (Lipinski definition) is 0. The SMILES string of the molecule is CCOC(=O)C1=C(C)N(C(=O)c2ccccc2)C(SC)=NC1c1cccc(Cl)c1. The van der Waals surface area contributed by atoms with Crippen LogP contribution in [0.5, 0.6) is 0 Å². The Morgan fingerprint density at radius 3 is 2.52 bits per heavy atom. The number of ether oxygens (including phenoxy) is 1. The van der Waals surface area contributed by atoms with E-state index in [-0.39, 0.29) is 12.5 Å². The van der Waals surface area contributed by atoms with Crippen molar-refractivity contribution >= 4 is 40.4 Å². The molecule has 0 saturated carbocycles. The number of aliphatic imine (C=N–C) groups is 1. The van der Waals surface area contributed by atoms with Crippen LogP contribution in [0.1, 0.15) is 35.8 Å². The Bertz CT molecular complexity index is 989. The summed E-state index contributed by atoms with van der Waals surface area (Å²) in [6.07, 6.45) is 1.85. The standard InChI is InChI=1S/C22H21ClN2O3S/c1-4-28-21(27)18-14(2)25(20(26)15-9-6-5-7-10-15)22(29-3)24-19(18)16-11-8-12-17(23)13-16/h5-13,19H,4H2,1-3H3. The van der Waals surface area contributed by atoms with E-state index < -0.39 is 12.0 Å². The van der Waals surface area contributed by atoms with Crippen LogP contribution >= 0.6 is 23.4 Å². The zero-order chi connectivity index (χ0) is 21.0. The molecule has 1 amide bonds. The first-order chi connectivity index (χ1) is 14.0. The molecule has 2 aromatic carbocycles. The van der Waals surface area contributed by atoms with Crippen LogP contribution in [0.4, 0.5) is 0 Å². The second-order valence-corrected chi connectivity index (χ2v) is 7.51. The van der Waals surface area contributed by atoms with Gasteiger partial charge in [-0.05, 0) is 49.9 Å². The summed E-state index contributed by atoms with van der Waals surface area (Å²) in [6.45, 7) is 3.72. The smallest absolute Gasteiger partial charge is 0.338 e. The van der Waals surface area contributed by atoms with Gasteiger partial charge in [-0.25, -0.2) is 9.79 Å². The molecule has 1 aliphatic rings. The highest BCUT2D eigenvalue weighted by Gasteiger charge is 2.36. The Balaban J connectivity index is 2.15. The maximum atomic E-state index is 13.2. The Morgan fingerprint density at radius 2 is 1.90 bits per heavy atom. The topological polar surface area (TPSA) is 59.0 Å². The zero-order valence-corrected chi connectivity index (χ0v) is 18.0. The lowest BCUT2D eigenvalue weighted by atomic mass is 9.96. The Labute approximate surface area is 179 Å². The molecule has 1 heterocycles. The summed E-state index contributed by atoms with van der Waals surface area (Å²) in [5, 5.41) is 1.06. The van der Waals surface area contributed by atoms with Crippen molar-refractivity contribution in [2.75, 3.05) is 12.9 Å². The number of halogens is 1. The maximum Gasteiger partial charge on any atom is 0.338 e. The highest BCUT2D eigenvalue weighted by atomic mass is 35.5. The summed E-state index contributed by atoms with van der Waals surface area (Å²) < 4.78 is 5.29. The number of amides is 1. The summed E-state index contributed by atoms with van der Waals surface area (Å²) in [5.41, 5.74) is 2.11. The molecule has 0 N–H and O–H groups in total. The predicted molar refractivity (Wildman–Crippen MR) is 117 cm³/mol. The molecular weight excluding hydrogens is 408 g/mol. The molecule has 7 heteroatoms. The molecule has 0 bridgehead atoms. The van der Waals surface area contributed by atoms with Crippen molar-refractivity contribution in [1.82, 2.24) is 4.90 Å². The highest BCUT2D eigenvalue weighted by Crippen LogP contribution is 2.37. The number of thioether (sulfide) groups is 1. The van der Waals surface area contributed by atoms with Gasteiger partial charge in [-0.15, -0.1) is 0 Å². The van der Waals surface area contributed by atoms with Crippen molar-refractivity contribution < 1.29 is 14.3 Å². The third-order valence-corrected chi connectivity index (χ3v) is 5.38. The number of carbonyl (C=O) groups is 2. The van der Waals surface area contributed by atoms with Crippen LogP contribution in [-0.4, -0.2) is 34.8 Å². The largest absolute Gasteiger partial charge is 0.463 e. The third kappa shape index (κ3) is 4.38. The van der Waals surface area contributed by atoms with Crippen LogP contribution in [0, 0.1) is 0 Å². The molecule has 1 unspecified atom stereocenters. The molecule has 0 saturated heterocycles. The van der Waals surface area contributed by atoms with Crippen LogP contribution in [-0.2, 0) is 9.53 Å². The maximum absolute atomic E-state index is 13.2. The predicted octanol–water partition coefficient (Wildman–Crippen LogP) is 5.09. The first-order valence-electron chi connectivity index (χ1n) is 9.12. The monoisotopic (exact) mass is 428 g/mol. The van der Waals surface area contributed by atoms with E-state index in [0.29, 0.717) is 27.0 Å². The van der Waals surface area contributed by atoms with Crippen LogP contribution in [0.3, 0.4) is 0 Å². The fourth-order valence-electron chi connectivity index (χ4n) is 3.17. The summed E-state index contributed by atoms with van der Waals surface area (Å²) in [6, 6.07) is 15.5.